The summed E-state index contributed by atoms with van der Waals surface area (Å²) in [6.45, 7) is 0. The van der Waals surface area contributed by atoms with E-state index in [9.17, 15) is 0 Å². The van der Waals surface area contributed by atoms with Crippen LogP contribution in [0.4, 0.5) is 0 Å². The average molecular weight is 290 g/mol. The van der Waals surface area contributed by atoms with E-state index < -0.39 is 0 Å². The number of hydrogen-bond acceptors (Lipinski definition) is 1. The third-order valence-electron chi connectivity index (χ3n) is 1.68. The molecule has 0 fully saturated rings. The van der Waals surface area contributed by atoms with E-state index in [1.54, 1.807) is 0 Å². The molecule has 1 aromatic carbocycles. The molecule has 2 rings (SSSR count). The molecule has 1 aromatic heterocycles. The van der Waals surface area contributed by atoms with Crippen molar-refractivity contribution in [2.24, 2.45) is 0 Å². The van der Waals surface area contributed by atoms with Gasteiger partial charge in [0.1, 0.15) is 11.3 Å². The van der Waals surface area contributed by atoms with Gasteiger partial charge in [0.15, 0.2) is 0 Å². The summed E-state index contributed by atoms with van der Waals surface area (Å²) < 4.78 is 6.56. The van der Waals surface area contributed by atoms with E-state index in [1.807, 2.05) is 24.3 Å². The maximum absolute atomic E-state index is 5.55. The molecule has 2 aromatic rings. The van der Waals surface area contributed by atoms with Crippen molar-refractivity contribution in [3.63, 3.8) is 0 Å². The fraction of sp³-hybridized carbons (Fsp3) is 0.111. The molecule has 1 heterocycles. The Morgan fingerprint density at radius 3 is 2.83 bits per heavy atom. The molecular formula is C9H6Br2O. The van der Waals surface area contributed by atoms with Crippen LogP contribution in [0, 0.1) is 0 Å². The molecule has 0 aliphatic carbocycles. The second-order valence-corrected chi connectivity index (χ2v) is 3.92. The van der Waals surface area contributed by atoms with E-state index in [1.165, 1.54) is 0 Å². The van der Waals surface area contributed by atoms with E-state index in [0.29, 0.717) is 0 Å². The van der Waals surface area contributed by atoms with Gasteiger partial charge in [-0.1, -0.05) is 28.1 Å². The standard InChI is InChI=1S/C9H6Br2O/c10-5-7-4-6-2-1-3-8(11)9(6)12-7/h1-4H,5H2. The Kier molecular flexibility index (Phi) is 2.24. The van der Waals surface area contributed by atoms with E-state index in [4.69, 9.17) is 4.42 Å². The summed E-state index contributed by atoms with van der Waals surface area (Å²) in [6.07, 6.45) is 0. The molecule has 0 amide bonds. The van der Waals surface area contributed by atoms with Gasteiger partial charge in [0.25, 0.3) is 0 Å². The van der Waals surface area contributed by atoms with Crippen molar-refractivity contribution in [1.82, 2.24) is 0 Å². The zero-order valence-corrected chi connectivity index (χ0v) is 9.35. The van der Waals surface area contributed by atoms with Gasteiger partial charge in [0.05, 0.1) is 9.80 Å². The van der Waals surface area contributed by atoms with Crippen LogP contribution in [0.5, 0.6) is 0 Å². The van der Waals surface area contributed by atoms with Gasteiger partial charge >= 0.3 is 0 Å². The maximum atomic E-state index is 5.55. The molecule has 0 radical (unpaired) electrons. The number of furan rings is 1. The van der Waals surface area contributed by atoms with E-state index in [2.05, 4.69) is 31.9 Å². The molecule has 0 bridgehead atoms. The van der Waals surface area contributed by atoms with Crippen LogP contribution in [0.2, 0.25) is 0 Å². The van der Waals surface area contributed by atoms with Gasteiger partial charge in [0, 0.05) is 5.39 Å². The van der Waals surface area contributed by atoms with Crippen molar-refractivity contribution in [2.75, 3.05) is 0 Å². The Morgan fingerprint density at radius 1 is 1.33 bits per heavy atom. The molecule has 0 aliphatic rings. The first-order chi connectivity index (χ1) is 5.81. The van der Waals surface area contributed by atoms with Crippen molar-refractivity contribution < 1.29 is 4.42 Å². The van der Waals surface area contributed by atoms with Gasteiger partial charge in [-0.3, -0.25) is 0 Å². The smallest absolute Gasteiger partial charge is 0.148 e. The SMILES string of the molecule is BrCc1cc2cccc(Br)c2o1. The first-order valence-electron chi connectivity index (χ1n) is 3.54. The van der Waals surface area contributed by atoms with Crippen molar-refractivity contribution in [3.8, 4) is 0 Å². The maximum Gasteiger partial charge on any atom is 0.148 e. The molecule has 0 N–H and O–H groups in total. The Hall–Kier alpha value is -0.280. The molecule has 0 aliphatic heterocycles. The minimum Gasteiger partial charge on any atom is -0.459 e. The van der Waals surface area contributed by atoms with Crippen LogP contribution in [-0.4, -0.2) is 0 Å². The first-order valence-corrected chi connectivity index (χ1v) is 5.45. The molecule has 0 unspecified atom stereocenters. The Balaban J connectivity index is 2.74. The monoisotopic (exact) mass is 288 g/mol. The lowest BCUT2D eigenvalue weighted by atomic mass is 10.2. The first kappa shape index (κ1) is 8.32. The fourth-order valence-corrected chi connectivity index (χ4v) is 1.89. The summed E-state index contributed by atoms with van der Waals surface area (Å²) in [5.74, 6) is 0.955. The van der Waals surface area contributed by atoms with Crippen LogP contribution in [0.25, 0.3) is 11.0 Å². The van der Waals surface area contributed by atoms with Crippen LogP contribution >= 0.6 is 31.9 Å². The predicted octanol–water partition coefficient (Wildman–Crippen LogP) is 4.09. The number of para-hydroxylation sites is 1. The lowest BCUT2D eigenvalue weighted by Gasteiger charge is -1.89. The molecule has 0 atom stereocenters. The summed E-state index contributed by atoms with van der Waals surface area (Å²) >= 11 is 6.78. The average Bonchev–Trinajstić information content (AvgIpc) is 2.49. The lowest BCUT2D eigenvalue weighted by molar-refractivity contribution is 0.574. The third kappa shape index (κ3) is 1.31. The second kappa shape index (κ2) is 3.23. The highest BCUT2D eigenvalue weighted by Crippen LogP contribution is 2.27. The molecular weight excluding hydrogens is 284 g/mol. The minimum atomic E-state index is 0.758. The zero-order chi connectivity index (χ0) is 8.55. The molecule has 62 valence electrons. The van der Waals surface area contributed by atoms with Gasteiger partial charge in [-0.15, -0.1) is 0 Å². The molecule has 1 nitrogen and oxygen atoms in total. The van der Waals surface area contributed by atoms with Crippen LogP contribution < -0.4 is 0 Å². The minimum absolute atomic E-state index is 0.758. The second-order valence-electron chi connectivity index (χ2n) is 2.50. The molecule has 0 spiro atoms. The van der Waals surface area contributed by atoms with Gasteiger partial charge in [-0.2, -0.15) is 0 Å². The molecule has 12 heavy (non-hydrogen) atoms. The summed E-state index contributed by atoms with van der Waals surface area (Å²) in [5.41, 5.74) is 0.923. The summed E-state index contributed by atoms with van der Waals surface area (Å²) in [4.78, 5) is 0. The normalized spacial score (nSPS) is 10.8. The van der Waals surface area contributed by atoms with Crippen molar-refractivity contribution in [2.45, 2.75) is 5.33 Å². The van der Waals surface area contributed by atoms with Crippen molar-refractivity contribution in [3.05, 3.63) is 34.5 Å². The predicted molar refractivity (Wildman–Crippen MR) is 56.5 cm³/mol. The summed E-state index contributed by atoms with van der Waals surface area (Å²) in [5, 5.41) is 1.90. The van der Waals surface area contributed by atoms with Crippen LogP contribution in [0.1, 0.15) is 5.76 Å². The highest BCUT2D eigenvalue weighted by atomic mass is 79.9. The van der Waals surface area contributed by atoms with Crippen molar-refractivity contribution >= 4 is 42.8 Å². The van der Waals surface area contributed by atoms with Gasteiger partial charge < -0.3 is 4.42 Å². The Bertz CT molecular complexity index is 406. The summed E-state index contributed by atoms with van der Waals surface area (Å²) in [6, 6.07) is 8.05. The van der Waals surface area contributed by atoms with Gasteiger partial charge in [0.2, 0.25) is 0 Å². The number of benzene rings is 1. The molecule has 3 heteroatoms. The largest absolute Gasteiger partial charge is 0.459 e. The fourth-order valence-electron chi connectivity index (χ4n) is 1.15. The van der Waals surface area contributed by atoms with Gasteiger partial charge in [-0.25, -0.2) is 0 Å². The van der Waals surface area contributed by atoms with Crippen LogP contribution in [0.3, 0.4) is 0 Å². The topological polar surface area (TPSA) is 13.1 Å². The van der Waals surface area contributed by atoms with Gasteiger partial charge in [-0.05, 0) is 28.1 Å². The number of fused-ring (bicyclic) bond motifs is 1. The van der Waals surface area contributed by atoms with E-state index in [0.717, 1.165) is 26.5 Å². The van der Waals surface area contributed by atoms with Crippen molar-refractivity contribution in [1.29, 1.82) is 0 Å². The zero-order valence-electron chi connectivity index (χ0n) is 6.18. The molecule has 0 saturated heterocycles. The Labute approximate surface area is 87.0 Å². The lowest BCUT2D eigenvalue weighted by Crippen LogP contribution is -1.64. The highest BCUT2D eigenvalue weighted by Gasteiger charge is 2.04. The highest BCUT2D eigenvalue weighted by molar-refractivity contribution is 9.10. The van der Waals surface area contributed by atoms with E-state index in [-0.39, 0.29) is 0 Å². The quantitative estimate of drug-likeness (QED) is 0.721. The third-order valence-corrected chi connectivity index (χ3v) is 2.86. The number of rotatable bonds is 1. The number of hydrogen-bond donors (Lipinski definition) is 0. The van der Waals surface area contributed by atoms with E-state index >= 15 is 0 Å². The number of alkyl halides is 1. The van der Waals surface area contributed by atoms with Crippen LogP contribution in [-0.2, 0) is 5.33 Å². The molecule has 0 saturated carbocycles. The Morgan fingerprint density at radius 2 is 2.17 bits per heavy atom. The number of halogens is 2. The van der Waals surface area contributed by atoms with Crippen LogP contribution in [0.15, 0.2) is 33.2 Å². The summed E-state index contributed by atoms with van der Waals surface area (Å²) in [7, 11) is 0.